The first-order valence-corrected chi connectivity index (χ1v) is 8.92. The average molecular weight is 320 g/mol. The van der Waals surface area contributed by atoms with E-state index in [4.69, 9.17) is 0 Å². The summed E-state index contributed by atoms with van der Waals surface area (Å²) in [6.07, 6.45) is 2.06. The number of aromatic nitrogens is 1. The SMILES string of the molecule is C=C(C(C)C)C1CN(Cc2ccccc2)CC1c1ccc(C)nc1. The molecule has 3 rings (SSSR count). The summed E-state index contributed by atoms with van der Waals surface area (Å²) in [7, 11) is 0. The molecule has 0 bridgehead atoms. The van der Waals surface area contributed by atoms with E-state index in [0.717, 1.165) is 25.3 Å². The first kappa shape index (κ1) is 16.9. The van der Waals surface area contributed by atoms with Crippen LogP contribution in [0.15, 0.2) is 60.8 Å². The molecule has 0 aliphatic carbocycles. The number of pyridine rings is 1. The molecule has 0 N–H and O–H groups in total. The fourth-order valence-corrected chi connectivity index (χ4v) is 3.70. The van der Waals surface area contributed by atoms with Crippen molar-refractivity contribution in [3.63, 3.8) is 0 Å². The molecule has 0 amide bonds. The average Bonchev–Trinajstić information content (AvgIpc) is 2.99. The maximum Gasteiger partial charge on any atom is 0.0372 e. The van der Waals surface area contributed by atoms with E-state index < -0.39 is 0 Å². The van der Waals surface area contributed by atoms with Crippen molar-refractivity contribution in [2.24, 2.45) is 11.8 Å². The number of hydrogen-bond donors (Lipinski definition) is 0. The summed E-state index contributed by atoms with van der Waals surface area (Å²) in [5.41, 5.74) is 5.19. The molecule has 2 atom stereocenters. The van der Waals surface area contributed by atoms with Gasteiger partial charge in [0, 0.05) is 43.4 Å². The summed E-state index contributed by atoms with van der Waals surface area (Å²) in [6.45, 7) is 14.2. The monoisotopic (exact) mass is 320 g/mol. The van der Waals surface area contributed by atoms with Crippen LogP contribution in [0.1, 0.15) is 36.6 Å². The summed E-state index contributed by atoms with van der Waals surface area (Å²) in [5.74, 6) is 1.53. The molecule has 2 heteroatoms. The van der Waals surface area contributed by atoms with Crippen LogP contribution in [-0.2, 0) is 6.54 Å². The Labute approximate surface area is 146 Å². The van der Waals surface area contributed by atoms with E-state index in [9.17, 15) is 0 Å². The highest BCUT2D eigenvalue weighted by Gasteiger charge is 2.36. The van der Waals surface area contributed by atoms with Crippen LogP contribution < -0.4 is 0 Å². The fraction of sp³-hybridized carbons (Fsp3) is 0.409. The number of rotatable bonds is 5. The molecule has 2 unspecified atom stereocenters. The minimum absolute atomic E-state index is 0.497. The third-order valence-corrected chi connectivity index (χ3v) is 5.22. The smallest absolute Gasteiger partial charge is 0.0372 e. The summed E-state index contributed by atoms with van der Waals surface area (Å²) in [5, 5.41) is 0. The summed E-state index contributed by atoms with van der Waals surface area (Å²) in [4.78, 5) is 7.09. The second kappa shape index (κ2) is 7.31. The normalized spacial score (nSPS) is 21.3. The van der Waals surface area contributed by atoms with E-state index in [1.807, 2.05) is 6.92 Å². The Morgan fingerprint density at radius 2 is 1.92 bits per heavy atom. The summed E-state index contributed by atoms with van der Waals surface area (Å²) >= 11 is 0. The predicted octanol–water partition coefficient (Wildman–Crippen LogP) is 4.82. The minimum Gasteiger partial charge on any atom is -0.298 e. The van der Waals surface area contributed by atoms with Crippen molar-refractivity contribution in [2.45, 2.75) is 33.2 Å². The Balaban J connectivity index is 1.81. The van der Waals surface area contributed by atoms with E-state index in [1.165, 1.54) is 16.7 Å². The molecule has 0 spiro atoms. The molecule has 1 aliphatic rings. The Morgan fingerprint density at radius 1 is 1.17 bits per heavy atom. The summed E-state index contributed by atoms with van der Waals surface area (Å²) < 4.78 is 0. The van der Waals surface area contributed by atoms with Crippen LogP contribution in [0.5, 0.6) is 0 Å². The van der Waals surface area contributed by atoms with Crippen LogP contribution in [0.2, 0.25) is 0 Å². The Morgan fingerprint density at radius 3 is 2.54 bits per heavy atom. The molecular formula is C22H28N2. The summed E-state index contributed by atoms with van der Waals surface area (Å²) in [6, 6.07) is 15.1. The Hall–Kier alpha value is -1.93. The highest BCUT2D eigenvalue weighted by Crippen LogP contribution is 2.39. The van der Waals surface area contributed by atoms with Crippen molar-refractivity contribution in [2.75, 3.05) is 13.1 Å². The van der Waals surface area contributed by atoms with Crippen LogP contribution in [0.3, 0.4) is 0 Å². The van der Waals surface area contributed by atoms with E-state index in [-0.39, 0.29) is 0 Å². The zero-order valence-corrected chi connectivity index (χ0v) is 15.1. The van der Waals surface area contributed by atoms with E-state index in [0.29, 0.717) is 17.8 Å². The lowest BCUT2D eigenvalue weighted by Gasteiger charge is -2.23. The van der Waals surface area contributed by atoms with Gasteiger partial charge in [0.15, 0.2) is 0 Å². The van der Waals surface area contributed by atoms with E-state index >= 15 is 0 Å². The van der Waals surface area contributed by atoms with Crippen LogP contribution in [0, 0.1) is 18.8 Å². The molecule has 2 aromatic rings. The van der Waals surface area contributed by atoms with Gasteiger partial charge in [-0.25, -0.2) is 0 Å². The van der Waals surface area contributed by atoms with E-state index in [2.05, 4.69) is 79.0 Å². The predicted molar refractivity (Wildman–Crippen MR) is 101 cm³/mol. The van der Waals surface area contributed by atoms with Gasteiger partial charge >= 0.3 is 0 Å². The maximum absolute atomic E-state index is 4.52. The molecule has 2 nitrogen and oxygen atoms in total. The number of hydrogen-bond acceptors (Lipinski definition) is 2. The molecule has 24 heavy (non-hydrogen) atoms. The quantitative estimate of drug-likeness (QED) is 0.734. The highest BCUT2D eigenvalue weighted by molar-refractivity contribution is 5.26. The zero-order chi connectivity index (χ0) is 17.1. The second-order valence-electron chi connectivity index (χ2n) is 7.36. The fourth-order valence-electron chi connectivity index (χ4n) is 3.70. The highest BCUT2D eigenvalue weighted by atomic mass is 15.2. The van der Waals surface area contributed by atoms with Gasteiger partial charge in [-0.1, -0.05) is 62.4 Å². The van der Waals surface area contributed by atoms with Gasteiger partial charge in [0.05, 0.1) is 0 Å². The van der Waals surface area contributed by atoms with E-state index in [1.54, 1.807) is 0 Å². The van der Waals surface area contributed by atoms with Gasteiger partial charge in [-0.2, -0.15) is 0 Å². The third-order valence-electron chi connectivity index (χ3n) is 5.22. The molecule has 1 aliphatic heterocycles. The molecule has 1 aromatic carbocycles. The van der Waals surface area contributed by atoms with Gasteiger partial charge in [-0.05, 0) is 30.0 Å². The van der Waals surface area contributed by atoms with Gasteiger partial charge < -0.3 is 0 Å². The topological polar surface area (TPSA) is 16.1 Å². The molecule has 1 saturated heterocycles. The van der Waals surface area contributed by atoms with Crippen LogP contribution >= 0.6 is 0 Å². The van der Waals surface area contributed by atoms with Crippen LogP contribution in [0.25, 0.3) is 0 Å². The standard InChI is InChI=1S/C22H28N2/c1-16(2)18(4)21-14-24(13-19-8-6-5-7-9-19)15-22(21)20-11-10-17(3)23-12-20/h5-12,16,21-22H,4,13-15H2,1-3H3. The first-order valence-electron chi connectivity index (χ1n) is 8.92. The van der Waals surface area contributed by atoms with Gasteiger partial charge in [-0.3, -0.25) is 9.88 Å². The lowest BCUT2D eigenvalue weighted by molar-refractivity contribution is 0.319. The zero-order valence-electron chi connectivity index (χ0n) is 15.1. The third kappa shape index (κ3) is 3.76. The lowest BCUT2D eigenvalue weighted by Crippen LogP contribution is -2.21. The molecular weight excluding hydrogens is 292 g/mol. The van der Waals surface area contributed by atoms with Crippen LogP contribution in [0.4, 0.5) is 0 Å². The van der Waals surface area contributed by atoms with Crippen molar-refractivity contribution < 1.29 is 0 Å². The van der Waals surface area contributed by atoms with Crippen molar-refractivity contribution in [3.05, 3.63) is 77.6 Å². The molecule has 1 aromatic heterocycles. The number of aryl methyl sites for hydroxylation is 1. The second-order valence-corrected chi connectivity index (χ2v) is 7.36. The number of benzene rings is 1. The maximum atomic E-state index is 4.52. The first-order chi connectivity index (χ1) is 11.5. The number of nitrogens with zero attached hydrogens (tertiary/aromatic N) is 2. The van der Waals surface area contributed by atoms with Gasteiger partial charge in [0.25, 0.3) is 0 Å². The van der Waals surface area contributed by atoms with Gasteiger partial charge in [0.2, 0.25) is 0 Å². The Kier molecular flexibility index (Phi) is 5.15. The van der Waals surface area contributed by atoms with Crippen molar-refractivity contribution in [1.82, 2.24) is 9.88 Å². The van der Waals surface area contributed by atoms with Crippen LogP contribution in [-0.4, -0.2) is 23.0 Å². The van der Waals surface area contributed by atoms with Gasteiger partial charge in [-0.15, -0.1) is 0 Å². The Bertz CT molecular complexity index is 673. The van der Waals surface area contributed by atoms with Crippen molar-refractivity contribution >= 4 is 0 Å². The molecule has 1 fully saturated rings. The molecule has 2 heterocycles. The minimum atomic E-state index is 0.497. The van der Waals surface area contributed by atoms with Crippen molar-refractivity contribution in [3.8, 4) is 0 Å². The largest absolute Gasteiger partial charge is 0.298 e. The number of likely N-dealkylation sites (tertiary alicyclic amines) is 1. The molecule has 0 saturated carbocycles. The van der Waals surface area contributed by atoms with Crippen molar-refractivity contribution in [1.29, 1.82) is 0 Å². The van der Waals surface area contributed by atoms with Gasteiger partial charge in [0.1, 0.15) is 0 Å². The molecule has 0 radical (unpaired) electrons. The lowest BCUT2D eigenvalue weighted by atomic mass is 9.81. The molecule has 126 valence electrons.